The molecule has 1 saturated heterocycles. The lowest BCUT2D eigenvalue weighted by Crippen LogP contribution is -2.37. The average Bonchev–Trinajstić information content (AvgIpc) is 2.68. The summed E-state index contributed by atoms with van der Waals surface area (Å²) in [5.74, 6) is -1.19. The topological polar surface area (TPSA) is 139 Å². The number of carboxylic acid groups (broad SMARTS) is 1. The Bertz CT molecular complexity index is 907. The summed E-state index contributed by atoms with van der Waals surface area (Å²) in [4.78, 5) is 43.4. The maximum atomic E-state index is 11.7. The standard InChI is InChI=1S/C18H19N5O5/c1-11(24)12-2-4-14(5-3-12)21-16-15(23(27)28)17(20-10-19-16)22-8-6-13(7-9-22)18(25)26/h2-5,10,13H,6-9H2,1H3,(H,25,26)(H,19,20,21). The SMILES string of the molecule is CC(=O)c1ccc(Nc2ncnc(N3CCC(C(=O)O)CC3)c2[N+](=O)[O-])cc1. The Hall–Kier alpha value is -3.56. The van der Waals surface area contributed by atoms with Gasteiger partial charge in [-0.25, -0.2) is 9.97 Å². The number of hydrogen-bond acceptors (Lipinski definition) is 8. The second-order valence-corrected chi connectivity index (χ2v) is 6.51. The third-order valence-electron chi connectivity index (χ3n) is 4.68. The first-order valence-corrected chi connectivity index (χ1v) is 8.72. The zero-order valence-electron chi connectivity index (χ0n) is 15.2. The van der Waals surface area contributed by atoms with Crippen LogP contribution in [0.5, 0.6) is 0 Å². The number of rotatable bonds is 6. The van der Waals surface area contributed by atoms with Crippen LogP contribution in [0.25, 0.3) is 0 Å². The van der Waals surface area contributed by atoms with Gasteiger partial charge in [0.1, 0.15) is 6.33 Å². The Morgan fingerprint density at radius 2 is 1.86 bits per heavy atom. The number of carbonyl (C=O) groups is 2. The van der Waals surface area contributed by atoms with Crippen LogP contribution in [0.3, 0.4) is 0 Å². The van der Waals surface area contributed by atoms with E-state index in [4.69, 9.17) is 5.11 Å². The predicted molar refractivity (Wildman–Crippen MR) is 101 cm³/mol. The minimum atomic E-state index is -0.854. The van der Waals surface area contributed by atoms with E-state index in [0.29, 0.717) is 37.2 Å². The highest BCUT2D eigenvalue weighted by Gasteiger charge is 2.31. The number of piperidine rings is 1. The molecule has 0 aliphatic carbocycles. The van der Waals surface area contributed by atoms with Gasteiger partial charge in [0.15, 0.2) is 5.78 Å². The maximum absolute atomic E-state index is 11.7. The van der Waals surface area contributed by atoms with Gasteiger partial charge in [0.2, 0.25) is 11.6 Å². The number of nitrogens with zero attached hydrogens (tertiary/aromatic N) is 4. The molecule has 28 heavy (non-hydrogen) atoms. The van der Waals surface area contributed by atoms with E-state index >= 15 is 0 Å². The van der Waals surface area contributed by atoms with Crippen LogP contribution in [0.1, 0.15) is 30.1 Å². The first kappa shape index (κ1) is 19.2. The van der Waals surface area contributed by atoms with Gasteiger partial charge in [-0.1, -0.05) is 0 Å². The Kier molecular flexibility index (Phi) is 5.48. The van der Waals surface area contributed by atoms with Gasteiger partial charge in [-0.3, -0.25) is 19.7 Å². The molecule has 2 N–H and O–H groups in total. The molecule has 0 radical (unpaired) electrons. The van der Waals surface area contributed by atoms with Crippen LogP contribution in [0.15, 0.2) is 30.6 Å². The summed E-state index contributed by atoms with van der Waals surface area (Å²) in [7, 11) is 0. The quantitative estimate of drug-likeness (QED) is 0.436. The van der Waals surface area contributed by atoms with E-state index in [9.17, 15) is 19.7 Å². The van der Waals surface area contributed by atoms with E-state index in [-0.39, 0.29) is 23.1 Å². The summed E-state index contributed by atoms with van der Waals surface area (Å²) in [5, 5.41) is 23.7. The van der Waals surface area contributed by atoms with Crippen LogP contribution < -0.4 is 10.2 Å². The van der Waals surface area contributed by atoms with Gasteiger partial charge in [-0.2, -0.15) is 0 Å². The smallest absolute Gasteiger partial charge is 0.353 e. The lowest BCUT2D eigenvalue weighted by molar-refractivity contribution is -0.383. The van der Waals surface area contributed by atoms with Crippen molar-refractivity contribution in [1.29, 1.82) is 0 Å². The molecular formula is C18H19N5O5. The van der Waals surface area contributed by atoms with Crippen molar-refractivity contribution in [2.75, 3.05) is 23.3 Å². The molecule has 1 fully saturated rings. The molecule has 10 nitrogen and oxygen atoms in total. The van der Waals surface area contributed by atoms with Gasteiger partial charge in [-0.15, -0.1) is 0 Å². The number of nitro groups is 1. The number of carboxylic acids is 1. The molecule has 0 amide bonds. The highest BCUT2D eigenvalue weighted by atomic mass is 16.6. The van der Waals surface area contributed by atoms with E-state index in [0.717, 1.165) is 0 Å². The number of benzene rings is 1. The molecule has 146 valence electrons. The first-order chi connectivity index (χ1) is 13.4. The number of hydrogen-bond donors (Lipinski definition) is 2. The molecule has 1 aliphatic heterocycles. The number of nitrogens with one attached hydrogen (secondary N) is 1. The lowest BCUT2D eigenvalue weighted by Gasteiger charge is -2.30. The van der Waals surface area contributed by atoms with Crippen molar-refractivity contribution in [3.05, 3.63) is 46.3 Å². The summed E-state index contributed by atoms with van der Waals surface area (Å²) in [6.45, 7) is 2.18. The molecule has 0 saturated carbocycles. The molecule has 1 aromatic carbocycles. The van der Waals surface area contributed by atoms with E-state index in [1.54, 1.807) is 29.2 Å². The fourth-order valence-electron chi connectivity index (χ4n) is 3.12. The number of aromatic nitrogens is 2. The van der Waals surface area contributed by atoms with E-state index < -0.39 is 16.8 Å². The number of ketones is 1. The molecule has 0 spiro atoms. The number of anilines is 3. The van der Waals surface area contributed by atoms with Crippen molar-refractivity contribution in [2.45, 2.75) is 19.8 Å². The average molecular weight is 385 g/mol. The number of carbonyl (C=O) groups excluding carboxylic acids is 1. The van der Waals surface area contributed by atoms with Gasteiger partial charge < -0.3 is 15.3 Å². The fraction of sp³-hybridized carbons (Fsp3) is 0.333. The highest BCUT2D eigenvalue weighted by Crippen LogP contribution is 2.35. The van der Waals surface area contributed by atoms with Gasteiger partial charge >= 0.3 is 11.7 Å². The van der Waals surface area contributed by atoms with Crippen LogP contribution in [-0.4, -0.2) is 44.8 Å². The normalized spacial score (nSPS) is 14.5. The molecule has 10 heteroatoms. The molecule has 3 rings (SSSR count). The molecule has 2 heterocycles. The first-order valence-electron chi connectivity index (χ1n) is 8.72. The second-order valence-electron chi connectivity index (χ2n) is 6.51. The molecule has 1 aromatic heterocycles. The third-order valence-corrected chi connectivity index (χ3v) is 4.68. The van der Waals surface area contributed by atoms with E-state index in [1.807, 2.05) is 0 Å². The Morgan fingerprint density at radius 1 is 1.21 bits per heavy atom. The summed E-state index contributed by atoms with van der Waals surface area (Å²) in [6.07, 6.45) is 2.02. The Balaban J connectivity index is 1.87. The Labute approximate surface area is 160 Å². The zero-order chi connectivity index (χ0) is 20.3. The van der Waals surface area contributed by atoms with Crippen molar-refractivity contribution in [1.82, 2.24) is 9.97 Å². The third kappa shape index (κ3) is 4.05. The van der Waals surface area contributed by atoms with Crippen LogP contribution in [-0.2, 0) is 4.79 Å². The molecule has 1 aliphatic rings. The van der Waals surface area contributed by atoms with E-state index in [2.05, 4.69) is 15.3 Å². The summed E-state index contributed by atoms with van der Waals surface area (Å²) < 4.78 is 0. The van der Waals surface area contributed by atoms with Gasteiger partial charge in [0.05, 0.1) is 10.8 Å². The Morgan fingerprint density at radius 3 is 2.39 bits per heavy atom. The van der Waals surface area contributed by atoms with Crippen molar-refractivity contribution >= 4 is 34.8 Å². The van der Waals surface area contributed by atoms with Crippen LogP contribution in [0.4, 0.5) is 23.0 Å². The highest BCUT2D eigenvalue weighted by molar-refractivity contribution is 5.94. The second kappa shape index (κ2) is 7.99. The van der Waals surface area contributed by atoms with Crippen molar-refractivity contribution in [2.24, 2.45) is 5.92 Å². The van der Waals surface area contributed by atoms with Crippen molar-refractivity contribution < 1.29 is 19.6 Å². The number of Topliss-reactive ketones (excluding diaryl/α,β-unsaturated/α-hetero) is 1. The van der Waals surface area contributed by atoms with Crippen LogP contribution in [0.2, 0.25) is 0 Å². The number of aliphatic carboxylic acids is 1. The minimum absolute atomic E-state index is 0.0333. The molecule has 0 bridgehead atoms. The summed E-state index contributed by atoms with van der Waals surface area (Å²) >= 11 is 0. The van der Waals surface area contributed by atoms with Gasteiger partial charge in [0.25, 0.3) is 0 Å². The lowest BCUT2D eigenvalue weighted by atomic mass is 9.97. The molecule has 0 unspecified atom stereocenters. The molecule has 0 atom stereocenters. The zero-order valence-corrected chi connectivity index (χ0v) is 15.2. The van der Waals surface area contributed by atoms with Gasteiger partial charge in [-0.05, 0) is 44.0 Å². The minimum Gasteiger partial charge on any atom is -0.481 e. The fourth-order valence-corrected chi connectivity index (χ4v) is 3.12. The summed E-state index contributed by atoms with van der Waals surface area (Å²) in [6, 6.07) is 6.52. The largest absolute Gasteiger partial charge is 0.481 e. The van der Waals surface area contributed by atoms with Crippen molar-refractivity contribution in [3.63, 3.8) is 0 Å². The predicted octanol–water partition coefficient (Wildman–Crippen LogP) is 2.63. The molecular weight excluding hydrogens is 366 g/mol. The molecule has 2 aromatic rings. The van der Waals surface area contributed by atoms with E-state index in [1.165, 1.54) is 13.3 Å². The van der Waals surface area contributed by atoms with Crippen molar-refractivity contribution in [3.8, 4) is 0 Å². The van der Waals surface area contributed by atoms with Crippen LogP contribution >= 0.6 is 0 Å². The summed E-state index contributed by atoms with van der Waals surface area (Å²) in [5.41, 5.74) is 0.805. The maximum Gasteiger partial charge on any atom is 0.353 e. The van der Waals surface area contributed by atoms with Crippen LogP contribution in [0, 0.1) is 16.0 Å². The van der Waals surface area contributed by atoms with Gasteiger partial charge in [0, 0.05) is 24.3 Å². The monoisotopic (exact) mass is 385 g/mol.